The fourth-order valence-corrected chi connectivity index (χ4v) is 0.520. The van der Waals surface area contributed by atoms with Crippen molar-refractivity contribution in [1.29, 1.82) is 0 Å². The first-order valence-corrected chi connectivity index (χ1v) is 2.49. The van der Waals surface area contributed by atoms with Crippen LogP contribution >= 0.6 is 0 Å². The molecule has 0 atom stereocenters. The second-order valence-corrected chi connectivity index (χ2v) is 1.56. The molecule has 10 heavy (non-hydrogen) atoms. The molecule has 0 spiro atoms. The summed E-state index contributed by atoms with van der Waals surface area (Å²) in [5.74, 6) is -1.18. The first kappa shape index (κ1) is 9.63. The third-order valence-electron chi connectivity index (χ3n) is 0.929. The van der Waals surface area contributed by atoms with Crippen molar-refractivity contribution in [1.82, 2.24) is 0 Å². The van der Waals surface area contributed by atoms with Crippen molar-refractivity contribution < 1.29 is 37.6 Å². The largest absolute Gasteiger partial charge is 1.00 e. The van der Waals surface area contributed by atoms with Crippen molar-refractivity contribution in [3.8, 4) is 0 Å². The Bertz CT molecular complexity index is 208. The Hall–Kier alpha value is -0.375. The molecule has 0 aliphatic heterocycles. The summed E-state index contributed by atoms with van der Waals surface area (Å²) in [5.41, 5.74) is 0.0949. The minimum Gasteiger partial charge on any atom is -0.545 e. The number of hydrogen-bond donors (Lipinski definition) is 0. The number of benzene rings is 1. The SMILES string of the molecule is O=C([O-])c1[c]cccc1.[Hg+]. The molecule has 0 saturated heterocycles. The van der Waals surface area contributed by atoms with Gasteiger partial charge in [0.1, 0.15) is 0 Å². The van der Waals surface area contributed by atoms with E-state index in [0.717, 1.165) is 0 Å². The molecule has 2 radical (unpaired) electrons. The van der Waals surface area contributed by atoms with Gasteiger partial charge in [-0.3, -0.25) is 0 Å². The van der Waals surface area contributed by atoms with Crippen LogP contribution < -0.4 is 5.11 Å². The van der Waals surface area contributed by atoms with Crippen LogP contribution in [0.15, 0.2) is 24.3 Å². The summed E-state index contributed by atoms with van der Waals surface area (Å²) < 4.78 is 0. The molecule has 0 aliphatic carbocycles. The van der Waals surface area contributed by atoms with Gasteiger partial charge in [-0.2, -0.15) is 0 Å². The normalized spacial score (nSPS) is 8.00. The molecule has 0 unspecified atom stereocenters. The summed E-state index contributed by atoms with van der Waals surface area (Å²) in [5, 5.41) is 10.1. The number of carbonyl (C=O) groups excluding carboxylic acids is 1. The van der Waals surface area contributed by atoms with Gasteiger partial charge in [-0.25, -0.2) is 0 Å². The summed E-state index contributed by atoms with van der Waals surface area (Å²) in [6.45, 7) is 0. The van der Waals surface area contributed by atoms with E-state index in [9.17, 15) is 9.90 Å². The fraction of sp³-hybridized carbons (Fsp3) is 0. The quantitative estimate of drug-likeness (QED) is 0.675. The number of rotatable bonds is 1. The van der Waals surface area contributed by atoms with Gasteiger partial charge in [-0.05, 0) is 6.07 Å². The zero-order chi connectivity index (χ0) is 6.69. The van der Waals surface area contributed by atoms with Crippen LogP contribution in [-0.2, 0) is 27.7 Å². The monoisotopic (exact) mass is 322 g/mol. The zero-order valence-corrected chi connectivity index (χ0v) is 10.8. The van der Waals surface area contributed by atoms with Crippen LogP contribution in [0.1, 0.15) is 10.4 Å². The van der Waals surface area contributed by atoms with Crippen molar-refractivity contribution in [3.63, 3.8) is 0 Å². The maximum Gasteiger partial charge on any atom is 1.00 e. The number of carboxylic acid groups (broad SMARTS) is 1. The second kappa shape index (κ2) is 4.44. The first-order valence-electron chi connectivity index (χ1n) is 2.49. The van der Waals surface area contributed by atoms with E-state index in [4.69, 9.17) is 0 Å². The minimum absolute atomic E-state index is 0. The van der Waals surface area contributed by atoms with Gasteiger partial charge in [0.15, 0.2) is 0 Å². The molecule has 0 bridgehead atoms. The number of carboxylic acids is 1. The molecule has 1 aromatic carbocycles. The predicted molar refractivity (Wildman–Crippen MR) is 29.6 cm³/mol. The molecular formula is C7H4HgO2. The first-order chi connectivity index (χ1) is 4.30. The van der Waals surface area contributed by atoms with Gasteiger partial charge >= 0.3 is 27.7 Å². The topological polar surface area (TPSA) is 40.1 Å². The third kappa shape index (κ3) is 2.48. The van der Waals surface area contributed by atoms with E-state index in [-0.39, 0.29) is 33.2 Å². The molecular weight excluding hydrogens is 317 g/mol. The van der Waals surface area contributed by atoms with Gasteiger partial charge in [0.05, 0.1) is 5.97 Å². The van der Waals surface area contributed by atoms with Crippen LogP contribution in [0.25, 0.3) is 0 Å². The van der Waals surface area contributed by atoms with Gasteiger partial charge in [-0.1, -0.05) is 24.3 Å². The van der Waals surface area contributed by atoms with Crippen LogP contribution in [-0.4, -0.2) is 5.97 Å². The van der Waals surface area contributed by atoms with Crippen molar-refractivity contribution in [2.45, 2.75) is 0 Å². The second-order valence-electron chi connectivity index (χ2n) is 1.56. The average molecular weight is 321 g/mol. The van der Waals surface area contributed by atoms with E-state index in [1.165, 1.54) is 12.1 Å². The van der Waals surface area contributed by atoms with E-state index in [1.54, 1.807) is 12.1 Å². The predicted octanol–water partition coefficient (Wildman–Crippen LogP) is -0.152. The third-order valence-corrected chi connectivity index (χ3v) is 0.929. The fourth-order valence-electron chi connectivity index (χ4n) is 0.520. The maximum atomic E-state index is 10.1. The van der Waals surface area contributed by atoms with E-state index >= 15 is 0 Å². The van der Waals surface area contributed by atoms with E-state index < -0.39 is 5.97 Å². The number of aromatic carboxylic acids is 1. The Labute approximate surface area is 79.4 Å². The molecule has 0 heterocycles. The summed E-state index contributed by atoms with van der Waals surface area (Å²) in [4.78, 5) is 10.1. The van der Waals surface area contributed by atoms with E-state index in [2.05, 4.69) is 6.07 Å². The van der Waals surface area contributed by atoms with Crippen molar-refractivity contribution in [2.24, 2.45) is 0 Å². The Morgan fingerprint density at radius 3 is 2.50 bits per heavy atom. The Kier molecular flexibility index (Phi) is 4.28. The summed E-state index contributed by atoms with van der Waals surface area (Å²) in [6.07, 6.45) is 0. The van der Waals surface area contributed by atoms with E-state index in [0.29, 0.717) is 0 Å². The molecule has 0 aromatic heterocycles. The summed E-state index contributed by atoms with van der Waals surface area (Å²) >= 11 is 0. The molecule has 0 N–H and O–H groups in total. The zero-order valence-electron chi connectivity index (χ0n) is 5.33. The van der Waals surface area contributed by atoms with Crippen LogP contribution in [0.5, 0.6) is 0 Å². The van der Waals surface area contributed by atoms with Gasteiger partial charge in [0.2, 0.25) is 0 Å². The molecule has 0 aliphatic rings. The Morgan fingerprint density at radius 2 is 2.20 bits per heavy atom. The van der Waals surface area contributed by atoms with Crippen LogP contribution in [0.4, 0.5) is 0 Å². The van der Waals surface area contributed by atoms with Crippen LogP contribution in [0.2, 0.25) is 0 Å². The molecule has 0 amide bonds. The van der Waals surface area contributed by atoms with Crippen molar-refractivity contribution in [3.05, 3.63) is 35.9 Å². The van der Waals surface area contributed by atoms with Gasteiger partial charge < -0.3 is 9.90 Å². The van der Waals surface area contributed by atoms with Gasteiger partial charge in [0, 0.05) is 5.56 Å². The van der Waals surface area contributed by atoms with Gasteiger partial charge in [-0.15, -0.1) is 0 Å². The summed E-state index contributed by atoms with van der Waals surface area (Å²) in [6, 6.07) is 8.81. The van der Waals surface area contributed by atoms with E-state index in [1.807, 2.05) is 0 Å². The van der Waals surface area contributed by atoms with Crippen molar-refractivity contribution >= 4 is 5.97 Å². The maximum absolute atomic E-state index is 10.1. The molecule has 1 aromatic rings. The molecule has 0 saturated carbocycles. The standard InChI is InChI=1S/C7H5O2.Hg/c8-7(9)6-4-2-1-3-5-6;/h1-4H,(H,8,9);/q;+1/p-1. The van der Waals surface area contributed by atoms with Crippen molar-refractivity contribution in [2.75, 3.05) is 0 Å². The molecule has 3 heteroatoms. The Balaban J connectivity index is 0.000000810. The van der Waals surface area contributed by atoms with Crippen LogP contribution in [0.3, 0.4) is 0 Å². The molecule has 0 fully saturated rings. The smallest absolute Gasteiger partial charge is 0.545 e. The Morgan fingerprint density at radius 1 is 1.50 bits per heavy atom. The summed E-state index contributed by atoms with van der Waals surface area (Å²) in [7, 11) is 0. The molecule has 1 rings (SSSR count). The van der Waals surface area contributed by atoms with Crippen LogP contribution in [0, 0.1) is 6.07 Å². The number of hydrogen-bond acceptors (Lipinski definition) is 2. The molecule has 2 nitrogen and oxygen atoms in total. The molecule has 46 valence electrons. The average Bonchev–Trinajstić information content (AvgIpc) is 1.90. The van der Waals surface area contributed by atoms with Gasteiger partial charge in [0.25, 0.3) is 0 Å². The minimum atomic E-state index is -1.18. The number of carbonyl (C=O) groups is 1.